The highest BCUT2D eigenvalue weighted by Gasteiger charge is 2.48. The summed E-state index contributed by atoms with van der Waals surface area (Å²) in [5.41, 5.74) is 9.85. The van der Waals surface area contributed by atoms with Crippen LogP contribution < -0.4 is 0 Å². The van der Waals surface area contributed by atoms with Gasteiger partial charge in [0.15, 0.2) is 11.4 Å². The van der Waals surface area contributed by atoms with E-state index >= 15 is 0 Å². The summed E-state index contributed by atoms with van der Waals surface area (Å²) in [5.74, 6) is 0.872. The van der Waals surface area contributed by atoms with Gasteiger partial charge in [0.25, 0.3) is 5.91 Å². The summed E-state index contributed by atoms with van der Waals surface area (Å²) >= 11 is 0. The molecule has 0 aromatic heterocycles. The summed E-state index contributed by atoms with van der Waals surface area (Å²) in [6.07, 6.45) is 8.60. The van der Waals surface area contributed by atoms with E-state index in [0.29, 0.717) is 51.6 Å². The van der Waals surface area contributed by atoms with Crippen LogP contribution in [-0.4, -0.2) is 79.6 Å². The molecule has 10 heteroatoms. The highest BCUT2D eigenvalue weighted by Crippen LogP contribution is 2.39. The van der Waals surface area contributed by atoms with Gasteiger partial charge in [0.2, 0.25) is 0 Å². The van der Waals surface area contributed by atoms with Gasteiger partial charge in [-0.3, -0.25) is 4.79 Å². The van der Waals surface area contributed by atoms with Gasteiger partial charge >= 0.3 is 0 Å². The van der Waals surface area contributed by atoms with E-state index in [1.807, 2.05) is 4.90 Å². The Labute approximate surface area is 201 Å². The van der Waals surface area contributed by atoms with Crippen LogP contribution in [0.1, 0.15) is 64.2 Å². The number of ether oxygens (including phenoxy) is 3. The highest BCUT2D eigenvalue weighted by atomic mass is 16.5. The van der Waals surface area contributed by atoms with Crippen molar-refractivity contribution in [3.8, 4) is 0 Å². The molecule has 0 bridgehead atoms. The van der Waals surface area contributed by atoms with Crippen molar-refractivity contribution < 1.29 is 24.1 Å². The van der Waals surface area contributed by atoms with E-state index in [0.717, 1.165) is 62.6 Å². The first-order valence-corrected chi connectivity index (χ1v) is 12.7. The van der Waals surface area contributed by atoms with E-state index < -0.39 is 5.54 Å². The number of rotatable bonds is 9. The van der Waals surface area contributed by atoms with Gasteiger partial charge in [-0.25, -0.2) is 4.99 Å². The fourth-order valence-electron chi connectivity index (χ4n) is 5.48. The number of aliphatic imine (C=N–C) groups is 1. The molecule has 0 aromatic carbocycles. The number of aliphatic hydroxyl groups excluding tert-OH is 1. The smallest absolute Gasteiger partial charge is 0.254 e. The summed E-state index contributed by atoms with van der Waals surface area (Å²) in [4.78, 5) is 23.7. The number of allylic oxidation sites excluding steroid dienone is 1. The fraction of sp³-hybridized carbons (Fsp3) is 0.833. The van der Waals surface area contributed by atoms with Crippen molar-refractivity contribution in [2.24, 2.45) is 16.0 Å². The van der Waals surface area contributed by atoms with Crippen LogP contribution in [0, 0.1) is 5.92 Å². The van der Waals surface area contributed by atoms with Crippen molar-refractivity contribution in [1.82, 2.24) is 4.90 Å². The molecule has 2 aliphatic carbocycles. The van der Waals surface area contributed by atoms with Gasteiger partial charge in [-0.2, -0.15) is 0 Å². The first-order chi connectivity index (χ1) is 16.6. The molecule has 1 N–H and O–H groups in total. The van der Waals surface area contributed by atoms with Crippen LogP contribution in [0.3, 0.4) is 0 Å². The van der Waals surface area contributed by atoms with Gasteiger partial charge in [-0.1, -0.05) is 10.7 Å². The van der Waals surface area contributed by atoms with Crippen molar-refractivity contribution in [2.75, 3.05) is 46.1 Å². The normalized spacial score (nSPS) is 29.9. The number of carbonyl (C=O) groups is 1. The molecule has 4 aliphatic rings. The maximum absolute atomic E-state index is 13.8. The van der Waals surface area contributed by atoms with Gasteiger partial charge in [-0.15, -0.1) is 0 Å². The van der Waals surface area contributed by atoms with Crippen LogP contribution in [-0.2, 0) is 19.0 Å². The summed E-state index contributed by atoms with van der Waals surface area (Å²) in [6, 6.07) is 0. The zero-order chi connectivity index (χ0) is 23.8. The monoisotopic (exact) mass is 475 g/mol. The first-order valence-electron chi connectivity index (χ1n) is 12.7. The topological polar surface area (TPSA) is 129 Å². The first kappa shape index (κ1) is 25.0. The molecular formula is C24H37N5O5. The predicted octanol–water partition coefficient (Wildman–Crippen LogP) is 3.50. The van der Waals surface area contributed by atoms with Gasteiger partial charge < -0.3 is 24.2 Å². The van der Waals surface area contributed by atoms with Crippen molar-refractivity contribution in [3.63, 3.8) is 0 Å². The molecule has 1 atom stereocenters. The number of carbonyl (C=O) groups excluding carboxylic acids is 1. The Morgan fingerprint density at radius 2 is 2.00 bits per heavy atom. The quantitative estimate of drug-likeness (QED) is 0.236. The molecule has 0 unspecified atom stereocenters. The summed E-state index contributed by atoms with van der Waals surface area (Å²) in [6.45, 7) is 3.16. The van der Waals surface area contributed by atoms with Crippen molar-refractivity contribution in [3.05, 3.63) is 21.7 Å². The molecule has 0 radical (unpaired) electrons. The lowest BCUT2D eigenvalue weighted by atomic mass is 9.84. The van der Waals surface area contributed by atoms with Crippen molar-refractivity contribution in [1.29, 1.82) is 0 Å². The van der Waals surface area contributed by atoms with Crippen LogP contribution in [0.4, 0.5) is 0 Å². The average molecular weight is 476 g/mol. The lowest BCUT2D eigenvalue weighted by molar-refractivity contribution is -0.141. The molecule has 1 saturated heterocycles. The second kappa shape index (κ2) is 12.0. The summed E-state index contributed by atoms with van der Waals surface area (Å²) in [7, 11) is 0. The maximum atomic E-state index is 13.8. The maximum Gasteiger partial charge on any atom is 0.254 e. The van der Waals surface area contributed by atoms with Crippen molar-refractivity contribution in [2.45, 2.75) is 75.9 Å². The molecule has 2 fully saturated rings. The third kappa shape index (κ3) is 5.92. The molecule has 2 heterocycles. The minimum atomic E-state index is -0.996. The number of morpholine rings is 1. The minimum absolute atomic E-state index is 0.00909. The van der Waals surface area contributed by atoms with E-state index in [4.69, 9.17) is 29.8 Å². The third-order valence-electron chi connectivity index (χ3n) is 7.38. The fourth-order valence-corrected chi connectivity index (χ4v) is 5.48. The second-order valence-corrected chi connectivity index (χ2v) is 9.72. The van der Waals surface area contributed by atoms with E-state index in [1.165, 1.54) is 0 Å². The Kier molecular flexibility index (Phi) is 8.83. The Bertz CT molecular complexity index is 826. The molecule has 1 saturated carbocycles. The van der Waals surface area contributed by atoms with E-state index in [9.17, 15) is 4.79 Å². The Hall–Kier alpha value is -2.13. The van der Waals surface area contributed by atoms with Crippen molar-refractivity contribution >= 4 is 11.8 Å². The van der Waals surface area contributed by atoms with Crippen LogP contribution >= 0.6 is 0 Å². The van der Waals surface area contributed by atoms with E-state index in [2.05, 4.69) is 10.0 Å². The highest BCUT2D eigenvalue weighted by molar-refractivity contribution is 5.93. The van der Waals surface area contributed by atoms with Gasteiger partial charge in [0.1, 0.15) is 6.61 Å². The lowest BCUT2D eigenvalue weighted by Gasteiger charge is -2.34. The van der Waals surface area contributed by atoms with Gasteiger partial charge in [0, 0.05) is 49.3 Å². The number of hydrogen-bond acceptors (Lipinski definition) is 7. The number of amides is 1. The van der Waals surface area contributed by atoms with E-state index in [1.54, 1.807) is 0 Å². The number of nitrogens with zero attached hydrogens (tertiary/aromatic N) is 5. The number of aliphatic hydroxyl groups is 1. The molecule has 10 nitrogen and oxygen atoms in total. The number of azide groups is 1. The van der Waals surface area contributed by atoms with Crippen LogP contribution in [0.25, 0.3) is 10.4 Å². The standard InChI is InChI=1S/C24H37N5O5/c25-28-27-21-5-2-1-4-19(21)16-24(23(31)29-10-14-32-15-11-29)17-34-22(26-24)18-6-8-20(9-7-18)33-13-3-12-30/h18,20,30H,1-17H2/t18?,20?,24-/m1/s1. The van der Waals surface area contributed by atoms with Crippen LogP contribution in [0.5, 0.6) is 0 Å². The Morgan fingerprint density at radius 3 is 2.74 bits per heavy atom. The molecule has 0 aromatic rings. The molecule has 1 amide bonds. The van der Waals surface area contributed by atoms with Gasteiger partial charge in [-0.05, 0) is 63.3 Å². The van der Waals surface area contributed by atoms with Crippen LogP contribution in [0.15, 0.2) is 21.4 Å². The minimum Gasteiger partial charge on any atom is -0.478 e. The largest absolute Gasteiger partial charge is 0.478 e. The molecule has 0 spiro atoms. The summed E-state index contributed by atoms with van der Waals surface area (Å²) < 4.78 is 17.5. The zero-order valence-corrected chi connectivity index (χ0v) is 20.0. The molecule has 4 rings (SSSR count). The average Bonchev–Trinajstić information content (AvgIpc) is 3.31. The predicted molar refractivity (Wildman–Crippen MR) is 126 cm³/mol. The molecular weight excluding hydrogens is 438 g/mol. The molecule has 2 aliphatic heterocycles. The van der Waals surface area contributed by atoms with Gasteiger partial charge in [0.05, 0.1) is 19.3 Å². The zero-order valence-electron chi connectivity index (χ0n) is 20.0. The molecule has 188 valence electrons. The lowest BCUT2D eigenvalue weighted by Crippen LogP contribution is -2.52. The SMILES string of the molecule is [N-]=[N+]=NC1=C(C[C@]2(C(=O)N3CCOCC3)COC(C3CCC(OCCCO)CC3)=N2)CCCC1. The summed E-state index contributed by atoms with van der Waals surface area (Å²) in [5, 5.41) is 12.9. The molecule has 34 heavy (non-hydrogen) atoms. The second-order valence-electron chi connectivity index (χ2n) is 9.72. The van der Waals surface area contributed by atoms with E-state index in [-0.39, 0.29) is 31.1 Å². The van der Waals surface area contributed by atoms with Crippen LogP contribution in [0.2, 0.25) is 0 Å². The Morgan fingerprint density at radius 1 is 1.24 bits per heavy atom. The third-order valence-corrected chi connectivity index (χ3v) is 7.38. The Balaban J connectivity index is 1.52. The number of hydrogen-bond donors (Lipinski definition) is 1.